The molecule has 34 heavy (non-hydrogen) atoms. The van der Waals surface area contributed by atoms with Crippen LogP contribution < -0.4 is 10.6 Å². The minimum atomic E-state index is -0.478. The average molecular weight is 516 g/mol. The number of hydrogen-bond donors (Lipinski definition) is 2. The van der Waals surface area contributed by atoms with Crippen LogP contribution in [0, 0.1) is 12.7 Å². The lowest BCUT2D eigenvalue weighted by Crippen LogP contribution is -2.29. The highest BCUT2D eigenvalue weighted by molar-refractivity contribution is 7.98. The number of halogens is 3. The van der Waals surface area contributed by atoms with Crippen molar-refractivity contribution in [2.75, 3.05) is 5.32 Å². The summed E-state index contributed by atoms with van der Waals surface area (Å²) in [4.78, 5) is 12.5. The Labute approximate surface area is 210 Å². The van der Waals surface area contributed by atoms with Gasteiger partial charge in [0.05, 0.1) is 22.3 Å². The van der Waals surface area contributed by atoms with E-state index in [0.717, 1.165) is 16.8 Å². The molecule has 0 saturated carbocycles. The zero-order valence-electron chi connectivity index (χ0n) is 18.1. The first-order valence-corrected chi connectivity index (χ1v) is 12.0. The number of hydrogen-bond acceptors (Lipinski definition) is 4. The Bertz CT molecular complexity index is 1280. The molecule has 174 valence electrons. The Morgan fingerprint density at radius 1 is 1.00 bits per heavy atom. The molecule has 0 spiro atoms. The van der Waals surface area contributed by atoms with Gasteiger partial charge in [-0.1, -0.05) is 70.9 Å². The number of aryl methyl sites for hydroxylation is 1. The Morgan fingerprint density at radius 3 is 2.35 bits per heavy atom. The van der Waals surface area contributed by atoms with Crippen LogP contribution in [-0.2, 0) is 12.3 Å². The minimum Gasteiger partial charge on any atom is -0.331 e. The number of thioether (sulfide) groups is 1. The Kier molecular flexibility index (Phi) is 7.72. The molecule has 0 unspecified atom stereocenters. The van der Waals surface area contributed by atoms with Crippen molar-refractivity contribution in [1.82, 2.24) is 20.1 Å². The maximum atomic E-state index is 13.2. The molecule has 6 nitrogen and oxygen atoms in total. The van der Waals surface area contributed by atoms with Crippen molar-refractivity contribution in [2.45, 2.75) is 24.4 Å². The van der Waals surface area contributed by atoms with Crippen LogP contribution in [0.4, 0.5) is 14.9 Å². The second-order valence-corrected chi connectivity index (χ2v) is 9.15. The minimum absolute atomic E-state index is 0.117. The predicted molar refractivity (Wildman–Crippen MR) is 134 cm³/mol. The van der Waals surface area contributed by atoms with E-state index in [4.69, 9.17) is 23.2 Å². The number of urea groups is 1. The van der Waals surface area contributed by atoms with Crippen LogP contribution in [0.3, 0.4) is 0 Å². The van der Waals surface area contributed by atoms with E-state index in [-0.39, 0.29) is 12.4 Å². The Balaban J connectivity index is 1.52. The molecule has 4 rings (SSSR count). The summed E-state index contributed by atoms with van der Waals surface area (Å²) in [7, 11) is 0. The number of rotatable bonds is 7. The summed E-state index contributed by atoms with van der Waals surface area (Å²) in [6.45, 7) is 2.12. The lowest BCUT2D eigenvalue weighted by atomic mass is 10.2. The Hall–Kier alpha value is -3.07. The van der Waals surface area contributed by atoms with E-state index in [1.807, 2.05) is 35.8 Å². The fraction of sp³-hybridized carbons (Fsp3) is 0.125. The molecule has 2 amide bonds. The van der Waals surface area contributed by atoms with Crippen LogP contribution in [0.25, 0.3) is 5.69 Å². The number of carbonyl (C=O) groups excluding carboxylic acids is 1. The molecule has 0 saturated heterocycles. The first kappa shape index (κ1) is 24.1. The molecule has 2 N–H and O–H groups in total. The molecule has 0 aliphatic carbocycles. The maximum Gasteiger partial charge on any atom is 0.319 e. The number of amides is 2. The molecule has 1 heterocycles. The second kappa shape index (κ2) is 10.9. The molecule has 10 heteroatoms. The standard InChI is InChI=1S/C24H20Cl2FN5OS/c1-15-5-11-18(12-6-15)32-21(13-28-23(33)29-22-19(25)3-2-4-20(22)26)30-31-24(32)34-14-16-7-9-17(27)10-8-16/h2-12H,13-14H2,1H3,(H2,28,29,33). The number of para-hydroxylation sites is 1. The molecule has 0 bridgehead atoms. The summed E-state index contributed by atoms with van der Waals surface area (Å²) in [5.74, 6) is 0.857. The van der Waals surface area contributed by atoms with Crippen molar-refractivity contribution in [3.05, 3.63) is 99.5 Å². The van der Waals surface area contributed by atoms with Crippen LogP contribution in [0.1, 0.15) is 17.0 Å². The van der Waals surface area contributed by atoms with Gasteiger partial charge in [-0.25, -0.2) is 9.18 Å². The molecule has 0 aliphatic heterocycles. The van der Waals surface area contributed by atoms with Gasteiger partial charge < -0.3 is 10.6 Å². The molecule has 0 fully saturated rings. The predicted octanol–water partition coefficient (Wildman–Crippen LogP) is 6.64. The highest BCUT2D eigenvalue weighted by Crippen LogP contribution is 2.30. The quantitative estimate of drug-likeness (QED) is 0.270. The Morgan fingerprint density at radius 2 is 1.68 bits per heavy atom. The zero-order valence-corrected chi connectivity index (χ0v) is 20.4. The van der Waals surface area contributed by atoms with Gasteiger partial charge in [-0.05, 0) is 48.9 Å². The number of carbonyl (C=O) groups is 1. The van der Waals surface area contributed by atoms with Crippen LogP contribution in [0.5, 0.6) is 0 Å². The van der Waals surface area contributed by atoms with Crippen molar-refractivity contribution in [3.8, 4) is 5.69 Å². The third kappa shape index (κ3) is 5.88. The van der Waals surface area contributed by atoms with Gasteiger partial charge in [0.25, 0.3) is 0 Å². The lowest BCUT2D eigenvalue weighted by Gasteiger charge is -2.13. The summed E-state index contributed by atoms with van der Waals surface area (Å²) in [6.07, 6.45) is 0. The first-order chi connectivity index (χ1) is 16.4. The SMILES string of the molecule is Cc1ccc(-n2c(CNC(=O)Nc3c(Cl)cccc3Cl)nnc2SCc2ccc(F)cc2)cc1. The monoisotopic (exact) mass is 515 g/mol. The summed E-state index contributed by atoms with van der Waals surface area (Å²) in [5, 5.41) is 15.4. The first-order valence-electron chi connectivity index (χ1n) is 10.3. The number of aromatic nitrogens is 3. The van der Waals surface area contributed by atoms with Crippen molar-refractivity contribution >= 4 is 46.7 Å². The van der Waals surface area contributed by atoms with Gasteiger partial charge in [-0.2, -0.15) is 0 Å². The normalized spacial score (nSPS) is 10.8. The van der Waals surface area contributed by atoms with Gasteiger partial charge in [0, 0.05) is 11.4 Å². The van der Waals surface area contributed by atoms with Gasteiger partial charge in [-0.15, -0.1) is 10.2 Å². The molecular formula is C24H20Cl2FN5OS. The summed E-state index contributed by atoms with van der Waals surface area (Å²) in [6, 6.07) is 18.8. The summed E-state index contributed by atoms with van der Waals surface area (Å²) >= 11 is 13.7. The van der Waals surface area contributed by atoms with Crippen LogP contribution in [-0.4, -0.2) is 20.8 Å². The van der Waals surface area contributed by atoms with Gasteiger partial charge in [0.2, 0.25) is 0 Å². The molecule has 0 aliphatic rings. The van der Waals surface area contributed by atoms with Gasteiger partial charge in [0.15, 0.2) is 11.0 Å². The van der Waals surface area contributed by atoms with E-state index in [2.05, 4.69) is 20.8 Å². The van der Waals surface area contributed by atoms with Crippen LogP contribution in [0.2, 0.25) is 10.0 Å². The fourth-order valence-electron chi connectivity index (χ4n) is 3.12. The van der Waals surface area contributed by atoms with Crippen molar-refractivity contribution < 1.29 is 9.18 Å². The van der Waals surface area contributed by atoms with E-state index >= 15 is 0 Å². The highest BCUT2D eigenvalue weighted by atomic mass is 35.5. The molecule has 4 aromatic rings. The van der Waals surface area contributed by atoms with E-state index < -0.39 is 6.03 Å². The van der Waals surface area contributed by atoms with Gasteiger partial charge in [-0.3, -0.25) is 4.57 Å². The van der Waals surface area contributed by atoms with Crippen molar-refractivity contribution in [1.29, 1.82) is 0 Å². The average Bonchev–Trinajstić information content (AvgIpc) is 3.23. The van der Waals surface area contributed by atoms with E-state index in [1.54, 1.807) is 30.3 Å². The smallest absolute Gasteiger partial charge is 0.319 e. The lowest BCUT2D eigenvalue weighted by molar-refractivity contribution is 0.251. The fourth-order valence-corrected chi connectivity index (χ4v) is 4.54. The third-order valence-electron chi connectivity index (χ3n) is 4.88. The number of anilines is 1. The number of benzene rings is 3. The van der Waals surface area contributed by atoms with Gasteiger partial charge in [0.1, 0.15) is 5.82 Å². The molecule has 3 aromatic carbocycles. The molecule has 0 radical (unpaired) electrons. The van der Waals surface area contributed by atoms with E-state index in [9.17, 15) is 9.18 Å². The highest BCUT2D eigenvalue weighted by Gasteiger charge is 2.16. The second-order valence-electron chi connectivity index (χ2n) is 7.39. The summed E-state index contributed by atoms with van der Waals surface area (Å²) in [5.41, 5.74) is 3.27. The van der Waals surface area contributed by atoms with Crippen LogP contribution >= 0.6 is 35.0 Å². The van der Waals surface area contributed by atoms with E-state index in [1.165, 1.54) is 23.9 Å². The van der Waals surface area contributed by atoms with E-state index in [0.29, 0.717) is 32.5 Å². The number of nitrogens with zero attached hydrogens (tertiary/aromatic N) is 3. The van der Waals surface area contributed by atoms with Crippen LogP contribution in [0.15, 0.2) is 71.9 Å². The summed E-state index contributed by atoms with van der Waals surface area (Å²) < 4.78 is 15.1. The molecule has 1 aromatic heterocycles. The molecule has 0 atom stereocenters. The third-order valence-corrected chi connectivity index (χ3v) is 6.51. The molecular weight excluding hydrogens is 496 g/mol. The zero-order chi connectivity index (χ0) is 24.1. The topological polar surface area (TPSA) is 71.8 Å². The number of nitrogens with one attached hydrogen (secondary N) is 2. The van der Waals surface area contributed by atoms with Gasteiger partial charge >= 0.3 is 6.03 Å². The van der Waals surface area contributed by atoms with Crippen molar-refractivity contribution in [2.24, 2.45) is 0 Å². The maximum absolute atomic E-state index is 13.2. The van der Waals surface area contributed by atoms with Crippen molar-refractivity contribution in [3.63, 3.8) is 0 Å². The largest absolute Gasteiger partial charge is 0.331 e.